The SMILES string of the molecule is C=C(/C=C\C=C/CC1=C(C)C=CCC1)c1ccccc1CC(C)c1ccc(-c2ccccc2C)c(CCC)c1.CC.CCC(C)c1ccccc1-c1ccccc1-c1ccccc1C. The molecule has 0 fully saturated rings. The highest BCUT2D eigenvalue weighted by Crippen LogP contribution is 2.38. The third-order valence-corrected chi connectivity index (χ3v) is 12.7. The zero-order chi connectivity index (χ0) is 45.8. The van der Waals surface area contributed by atoms with E-state index in [2.05, 4.69) is 231 Å². The molecule has 0 heteroatoms. The molecule has 0 radical (unpaired) electrons. The molecule has 1 aliphatic carbocycles. The highest BCUT2D eigenvalue weighted by atomic mass is 14.2. The molecule has 0 bridgehead atoms. The fraction of sp³-hybridized carbons (Fsp3) is 0.281. The fourth-order valence-corrected chi connectivity index (χ4v) is 8.86. The van der Waals surface area contributed by atoms with Crippen molar-refractivity contribution in [2.75, 3.05) is 0 Å². The highest BCUT2D eigenvalue weighted by Gasteiger charge is 2.16. The first-order valence-electron chi connectivity index (χ1n) is 24.1. The van der Waals surface area contributed by atoms with Gasteiger partial charge in [-0.2, -0.15) is 0 Å². The van der Waals surface area contributed by atoms with Crippen molar-refractivity contribution in [1.29, 1.82) is 0 Å². The van der Waals surface area contributed by atoms with Gasteiger partial charge in [0.25, 0.3) is 0 Å². The fourth-order valence-electron chi connectivity index (χ4n) is 8.86. The van der Waals surface area contributed by atoms with Gasteiger partial charge in [0, 0.05) is 0 Å². The maximum absolute atomic E-state index is 4.42. The predicted molar refractivity (Wildman–Crippen MR) is 284 cm³/mol. The van der Waals surface area contributed by atoms with Crippen LogP contribution in [-0.2, 0) is 12.8 Å². The normalized spacial score (nSPS) is 13.3. The molecule has 0 saturated heterocycles. The minimum absolute atomic E-state index is 0.422. The minimum Gasteiger partial charge on any atom is -0.0911 e. The van der Waals surface area contributed by atoms with Crippen LogP contribution in [0.4, 0.5) is 0 Å². The monoisotopic (exact) mass is 843 g/mol. The average molecular weight is 843 g/mol. The first-order chi connectivity index (χ1) is 31.2. The standard InChI is InChI=1S/C39H44.C23H24.C2H6/c1-6-16-35-28-34(25-26-39(35)38-24-14-11-19-31(38)4)32(5)27-36-22-13-15-23-37(36)30(3)18-8-7-9-20-33-21-12-10-17-29(33)2;1-4-17(2)19-12-7-8-14-21(19)23-16-10-9-15-22(23)20-13-6-5-11-18(20)3;1-2/h7-11,13-15,17-19,22-26,28,32H,3,6,12,16,20-21,27H2,1-2,4-5H3;5-17H,4H2,1-3H3;1-2H3/b9-7-,18-8-;;. The van der Waals surface area contributed by atoms with Crippen LogP contribution < -0.4 is 0 Å². The zero-order valence-corrected chi connectivity index (χ0v) is 40.6. The lowest BCUT2D eigenvalue weighted by molar-refractivity contribution is 0.735. The van der Waals surface area contributed by atoms with Crippen LogP contribution in [0.2, 0.25) is 0 Å². The van der Waals surface area contributed by atoms with Crippen LogP contribution in [0, 0.1) is 13.8 Å². The first-order valence-corrected chi connectivity index (χ1v) is 24.1. The lowest BCUT2D eigenvalue weighted by Gasteiger charge is -2.19. The van der Waals surface area contributed by atoms with E-state index in [-0.39, 0.29) is 0 Å². The van der Waals surface area contributed by atoms with E-state index in [4.69, 9.17) is 0 Å². The number of allylic oxidation sites excluding steroid dienone is 9. The Morgan fingerprint density at radius 2 is 1.19 bits per heavy atom. The van der Waals surface area contributed by atoms with Gasteiger partial charge >= 0.3 is 0 Å². The maximum Gasteiger partial charge on any atom is -0.0102 e. The first kappa shape index (κ1) is 49.0. The Labute approximate surface area is 388 Å². The zero-order valence-electron chi connectivity index (χ0n) is 40.6. The van der Waals surface area contributed by atoms with Gasteiger partial charge in [-0.25, -0.2) is 0 Å². The number of hydrogen-bond donors (Lipinski definition) is 0. The van der Waals surface area contributed by atoms with E-state index in [1.165, 1.54) is 90.7 Å². The van der Waals surface area contributed by atoms with Gasteiger partial charge in [-0.3, -0.25) is 0 Å². The quantitative estimate of drug-likeness (QED) is 0.0904. The molecule has 0 N–H and O–H groups in total. The van der Waals surface area contributed by atoms with Crippen molar-refractivity contribution in [2.45, 2.75) is 119 Å². The summed E-state index contributed by atoms with van der Waals surface area (Å²) in [6.07, 6.45) is 21.0. The van der Waals surface area contributed by atoms with Gasteiger partial charge in [0.15, 0.2) is 0 Å². The Bertz CT molecular complexity index is 2550. The molecule has 0 spiro atoms. The molecule has 0 saturated carbocycles. The third kappa shape index (κ3) is 13.0. The second-order valence-corrected chi connectivity index (χ2v) is 17.2. The van der Waals surface area contributed by atoms with Crippen LogP contribution in [-0.4, -0.2) is 0 Å². The van der Waals surface area contributed by atoms with Crippen molar-refractivity contribution in [1.82, 2.24) is 0 Å². The van der Waals surface area contributed by atoms with E-state index in [0.29, 0.717) is 11.8 Å². The van der Waals surface area contributed by atoms with E-state index in [9.17, 15) is 0 Å². The molecule has 7 rings (SSSR count). The molecule has 0 amide bonds. The molecule has 64 heavy (non-hydrogen) atoms. The van der Waals surface area contributed by atoms with Crippen LogP contribution in [0.15, 0.2) is 194 Å². The van der Waals surface area contributed by atoms with E-state index in [0.717, 1.165) is 37.7 Å². The van der Waals surface area contributed by atoms with Crippen molar-refractivity contribution >= 4 is 5.57 Å². The number of aryl methyl sites for hydroxylation is 3. The van der Waals surface area contributed by atoms with Crippen molar-refractivity contribution in [3.63, 3.8) is 0 Å². The lowest BCUT2D eigenvalue weighted by atomic mass is 9.86. The Hall–Kier alpha value is -5.98. The minimum atomic E-state index is 0.422. The van der Waals surface area contributed by atoms with Gasteiger partial charge in [0.2, 0.25) is 0 Å². The van der Waals surface area contributed by atoms with Crippen molar-refractivity contribution in [2.24, 2.45) is 0 Å². The molecule has 2 unspecified atom stereocenters. The number of rotatable bonds is 15. The van der Waals surface area contributed by atoms with E-state index in [1.54, 1.807) is 5.57 Å². The molecule has 0 aliphatic heterocycles. The average Bonchev–Trinajstić information content (AvgIpc) is 3.33. The van der Waals surface area contributed by atoms with Crippen molar-refractivity contribution < 1.29 is 0 Å². The molecular weight excluding hydrogens is 769 g/mol. The van der Waals surface area contributed by atoms with Crippen LogP contribution in [0.3, 0.4) is 0 Å². The molecule has 0 nitrogen and oxygen atoms in total. The molecule has 1 aliphatic rings. The van der Waals surface area contributed by atoms with E-state index < -0.39 is 0 Å². The van der Waals surface area contributed by atoms with Crippen LogP contribution in [0.5, 0.6) is 0 Å². The summed E-state index contributed by atoms with van der Waals surface area (Å²) in [6.45, 7) is 24.2. The summed E-state index contributed by atoms with van der Waals surface area (Å²) >= 11 is 0. The largest absolute Gasteiger partial charge is 0.0911 e. The number of benzene rings is 6. The summed E-state index contributed by atoms with van der Waals surface area (Å²) in [5.74, 6) is 0.988. The van der Waals surface area contributed by atoms with Gasteiger partial charge in [0.1, 0.15) is 0 Å². The lowest BCUT2D eigenvalue weighted by Crippen LogP contribution is -2.03. The van der Waals surface area contributed by atoms with Gasteiger partial charge in [0.05, 0.1) is 0 Å². The summed E-state index contributed by atoms with van der Waals surface area (Å²) in [6, 6.07) is 50.9. The summed E-state index contributed by atoms with van der Waals surface area (Å²) in [5.41, 5.74) is 21.7. The second kappa shape index (κ2) is 25.3. The van der Waals surface area contributed by atoms with Crippen LogP contribution in [0.25, 0.3) is 39.0 Å². The summed E-state index contributed by atoms with van der Waals surface area (Å²) < 4.78 is 0. The Morgan fingerprint density at radius 3 is 1.83 bits per heavy atom. The maximum atomic E-state index is 4.42. The van der Waals surface area contributed by atoms with Crippen molar-refractivity contribution in [3.05, 3.63) is 233 Å². The Morgan fingerprint density at radius 1 is 0.609 bits per heavy atom. The van der Waals surface area contributed by atoms with E-state index in [1.807, 2.05) is 13.8 Å². The summed E-state index contributed by atoms with van der Waals surface area (Å²) in [7, 11) is 0. The highest BCUT2D eigenvalue weighted by molar-refractivity contribution is 5.86. The van der Waals surface area contributed by atoms with Gasteiger partial charge in [-0.1, -0.05) is 242 Å². The Kier molecular flexibility index (Phi) is 19.4. The smallest absolute Gasteiger partial charge is 0.0102 e. The molecular formula is C64H74. The van der Waals surface area contributed by atoms with Gasteiger partial charge < -0.3 is 0 Å². The molecule has 0 aromatic heterocycles. The van der Waals surface area contributed by atoms with Crippen LogP contribution in [0.1, 0.15) is 131 Å². The second-order valence-electron chi connectivity index (χ2n) is 17.2. The number of hydrogen-bond acceptors (Lipinski definition) is 0. The predicted octanol–water partition coefficient (Wildman–Crippen LogP) is 19.0. The molecule has 2 atom stereocenters. The van der Waals surface area contributed by atoms with Gasteiger partial charge in [-0.15, -0.1) is 0 Å². The van der Waals surface area contributed by atoms with Gasteiger partial charge in [-0.05, 0) is 149 Å². The Balaban J connectivity index is 0.000000261. The molecule has 0 heterocycles. The third-order valence-electron chi connectivity index (χ3n) is 12.7. The summed E-state index contributed by atoms with van der Waals surface area (Å²) in [5, 5.41) is 0. The molecule has 6 aromatic rings. The van der Waals surface area contributed by atoms with E-state index >= 15 is 0 Å². The van der Waals surface area contributed by atoms with Crippen LogP contribution >= 0.6 is 0 Å². The summed E-state index contributed by atoms with van der Waals surface area (Å²) in [4.78, 5) is 0. The molecule has 330 valence electrons. The molecule has 6 aromatic carbocycles. The van der Waals surface area contributed by atoms with Crippen molar-refractivity contribution in [3.8, 4) is 33.4 Å². The topological polar surface area (TPSA) is 0 Å².